The van der Waals surface area contributed by atoms with Crippen molar-refractivity contribution in [3.05, 3.63) is 45.3 Å². The van der Waals surface area contributed by atoms with E-state index in [4.69, 9.17) is 0 Å². The van der Waals surface area contributed by atoms with Crippen LogP contribution < -0.4 is 26.6 Å². The summed E-state index contributed by atoms with van der Waals surface area (Å²) < 4.78 is 16.7. The van der Waals surface area contributed by atoms with Gasteiger partial charge in [0.2, 0.25) is 17.8 Å². The number of urea groups is 1. The minimum Gasteiger partial charge on any atom is -0.351 e. The molecule has 5 amide bonds. The van der Waals surface area contributed by atoms with E-state index in [0.29, 0.717) is 54.5 Å². The summed E-state index contributed by atoms with van der Waals surface area (Å²) in [5.74, 6) is -0.181. The predicted molar refractivity (Wildman–Crippen MR) is 207 cm³/mol. The van der Waals surface area contributed by atoms with Crippen molar-refractivity contribution >= 4 is 41.0 Å². The average Bonchev–Trinajstić information content (AvgIpc) is 3.69. The largest absolute Gasteiger partial charge is 0.351 e. The third-order valence-electron chi connectivity index (χ3n) is 11.3. The molecular formula is C39H53FN10O4S. The molecular weight excluding hydrogens is 724 g/mol. The Hall–Kier alpha value is -4.44. The summed E-state index contributed by atoms with van der Waals surface area (Å²) in [6.45, 7) is 2.31. The average molecular weight is 777 g/mol. The van der Waals surface area contributed by atoms with Gasteiger partial charge in [0.15, 0.2) is 5.82 Å². The van der Waals surface area contributed by atoms with Crippen LogP contribution in [0.15, 0.2) is 18.5 Å². The van der Waals surface area contributed by atoms with Gasteiger partial charge in [-0.2, -0.15) is 5.10 Å². The summed E-state index contributed by atoms with van der Waals surface area (Å²) in [6.07, 6.45) is 17.8. The van der Waals surface area contributed by atoms with E-state index >= 15 is 0 Å². The predicted octanol–water partition coefficient (Wildman–Crippen LogP) is 4.94. The summed E-state index contributed by atoms with van der Waals surface area (Å²) in [5.41, 5.74) is 2.99. The molecule has 296 valence electrons. The van der Waals surface area contributed by atoms with Gasteiger partial charge in [-0.25, -0.2) is 19.2 Å². The molecule has 0 bridgehead atoms. The van der Waals surface area contributed by atoms with Crippen molar-refractivity contribution in [1.82, 2.24) is 45.9 Å². The fraction of sp³-hybridized carbons (Fsp3) is 0.615. The normalized spacial score (nSPS) is 21.1. The third-order valence-corrected chi connectivity index (χ3v) is 12.5. The Morgan fingerprint density at radius 3 is 2.44 bits per heavy atom. The van der Waals surface area contributed by atoms with Crippen LogP contribution in [0.3, 0.4) is 0 Å². The monoisotopic (exact) mass is 776 g/mol. The van der Waals surface area contributed by atoms with Gasteiger partial charge in [0.05, 0.1) is 23.8 Å². The third kappa shape index (κ3) is 10.1. The second-order valence-electron chi connectivity index (χ2n) is 15.5. The van der Waals surface area contributed by atoms with Gasteiger partial charge in [-0.1, -0.05) is 25.7 Å². The Balaban J connectivity index is 0.698. The lowest BCUT2D eigenvalue weighted by atomic mass is 9.91. The molecule has 0 aromatic carbocycles. The van der Waals surface area contributed by atoms with Gasteiger partial charge in [0.25, 0.3) is 5.91 Å². The molecule has 3 aromatic rings. The first-order valence-corrected chi connectivity index (χ1v) is 20.8. The van der Waals surface area contributed by atoms with Crippen molar-refractivity contribution in [2.45, 2.75) is 128 Å². The summed E-state index contributed by atoms with van der Waals surface area (Å²) in [6, 6.07) is 1.85. The number of piperidine rings is 1. The van der Waals surface area contributed by atoms with Crippen LogP contribution in [0.1, 0.15) is 116 Å². The van der Waals surface area contributed by atoms with E-state index in [1.54, 1.807) is 6.20 Å². The van der Waals surface area contributed by atoms with Crippen molar-refractivity contribution in [2.24, 2.45) is 13.0 Å². The van der Waals surface area contributed by atoms with Crippen LogP contribution in [0.25, 0.3) is 11.3 Å². The Kier molecular flexibility index (Phi) is 12.7. The highest BCUT2D eigenvalue weighted by Gasteiger charge is 2.40. The second kappa shape index (κ2) is 18.0. The number of imide groups is 1. The van der Waals surface area contributed by atoms with Crippen LogP contribution in [0.2, 0.25) is 0 Å². The Bertz CT molecular complexity index is 1850. The molecule has 3 aromatic heterocycles. The van der Waals surface area contributed by atoms with Crippen molar-refractivity contribution in [2.75, 3.05) is 18.4 Å². The lowest BCUT2D eigenvalue weighted by Gasteiger charge is -2.30. The molecule has 0 spiro atoms. The molecule has 1 atom stereocenters. The van der Waals surface area contributed by atoms with Gasteiger partial charge >= 0.3 is 6.03 Å². The van der Waals surface area contributed by atoms with E-state index in [0.717, 1.165) is 86.0 Å². The number of carbonyl (C=O) groups excluding carboxylic acids is 4. The van der Waals surface area contributed by atoms with E-state index in [1.165, 1.54) is 48.1 Å². The molecule has 14 nitrogen and oxygen atoms in total. The van der Waals surface area contributed by atoms with E-state index in [-0.39, 0.29) is 30.3 Å². The number of unbranched alkanes of at least 4 members (excludes halogenated alkanes) is 5. The Morgan fingerprint density at radius 1 is 0.945 bits per heavy atom. The fourth-order valence-corrected chi connectivity index (χ4v) is 9.00. The number of halogens is 1. The maximum Gasteiger partial charge on any atom is 0.315 e. The number of nitrogens with zero attached hydrogens (tertiary/aromatic N) is 5. The van der Waals surface area contributed by atoms with Gasteiger partial charge in [0.1, 0.15) is 11.7 Å². The van der Waals surface area contributed by atoms with Gasteiger partial charge in [-0.15, -0.1) is 11.3 Å². The van der Waals surface area contributed by atoms with Crippen molar-refractivity contribution in [3.8, 4) is 11.3 Å². The van der Waals surface area contributed by atoms with Crippen LogP contribution in [0.5, 0.6) is 0 Å². The van der Waals surface area contributed by atoms with Gasteiger partial charge in [0, 0.05) is 54.8 Å². The highest BCUT2D eigenvalue weighted by Crippen LogP contribution is 2.36. The molecule has 1 saturated heterocycles. The highest BCUT2D eigenvalue weighted by molar-refractivity contribution is 7.14. The highest BCUT2D eigenvalue weighted by atomic mass is 32.1. The molecule has 7 rings (SSSR count). The lowest BCUT2D eigenvalue weighted by molar-refractivity contribution is -0.136. The number of rotatable bonds is 18. The number of amides is 5. The van der Waals surface area contributed by atoms with E-state index in [1.807, 2.05) is 17.8 Å². The zero-order valence-electron chi connectivity index (χ0n) is 31.6. The lowest BCUT2D eigenvalue weighted by Crippen LogP contribution is -2.52. The molecule has 5 heterocycles. The van der Waals surface area contributed by atoms with Crippen molar-refractivity contribution in [3.63, 3.8) is 0 Å². The molecule has 1 unspecified atom stereocenters. The van der Waals surface area contributed by atoms with Crippen LogP contribution in [0, 0.1) is 11.7 Å². The summed E-state index contributed by atoms with van der Waals surface area (Å²) in [5, 5.41) is 19.7. The molecule has 16 heteroatoms. The molecule has 3 fully saturated rings. The number of nitrogens with one attached hydrogen (secondary N) is 5. The van der Waals surface area contributed by atoms with Crippen LogP contribution in [-0.2, 0) is 36.1 Å². The smallest absolute Gasteiger partial charge is 0.315 e. The van der Waals surface area contributed by atoms with Gasteiger partial charge in [-0.05, 0) is 88.3 Å². The Labute approximate surface area is 325 Å². The Morgan fingerprint density at radius 2 is 1.69 bits per heavy atom. The number of hydrogen-bond acceptors (Lipinski definition) is 10. The number of anilines is 1. The van der Waals surface area contributed by atoms with E-state index < -0.39 is 17.8 Å². The van der Waals surface area contributed by atoms with Crippen molar-refractivity contribution in [1.29, 1.82) is 0 Å². The topological polar surface area (TPSA) is 175 Å². The first-order valence-electron chi connectivity index (χ1n) is 20.0. The van der Waals surface area contributed by atoms with Crippen LogP contribution in [0.4, 0.5) is 15.1 Å². The first-order chi connectivity index (χ1) is 26.7. The number of aromatic nitrogens is 4. The van der Waals surface area contributed by atoms with Crippen LogP contribution >= 0.6 is 11.3 Å². The number of aryl methyl sites for hydroxylation is 1. The summed E-state index contributed by atoms with van der Waals surface area (Å²) in [4.78, 5) is 60.8. The summed E-state index contributed by atoms with van der Waals surface area (Å²) >= 11 is 1.34. The van der Waals surface area contributed by atoms with E-state index in [9.17, 15) is 23.6 Å². The minimum absolute atomic E-state index is 0.192. The molecule has 55 heavy (non-hydrogen) atoms. The standard InChI is InChI=1S/C39H53FN10O4S/c1-49-32(18-24-8-9-24)29(21-45-49)34-30(40)22-43-38(48-34)46-27-12-10-26(11-13-27)41-16-6-4-2-3-5-7-17-42-39(54)44-20-28-19-25-23-50(37(53)35(25)55-28)31-14-15-33(51)47-36(31)52/h19,21-22,24,26-27,31,41H,2-18,20,23H2,1H3,(H2,42,44,54)(H,43,46,48)(H,47,51,52). The van der Waals surface area contributed by atoms with Gasteiger partial charge in [-0.3, -0.25) is 24.4 Å². The molecule has 2 aliphatic heterocycles. The molecule has 2 aliphatic carbocycles. The number of hydrogen-bond donors (Lipinski definition) is 5. The summed E-state index contributed by atoms with van der Waals surface area (Å²) in [7, 11) is 1.91. The molecule has 5 N–H and O–H groups in total. The number of carbonyl (C=O) groups is 4. The molecule has 2 saturated carbocycles. The van der Waals surface area contributed by atoms with Gasteiger partial charge < -0.3 is 26.2 Å². The number of thiophene rings is 1. The van der Waals surface area contributed by atoms with E-state index in [2.05, 4.69) is 41.7 Å². The second-order valence-corrected chi connectivity index (χ2v) is 16.6. The maximum absolute atomic E-state index is 14.8. The SMILES string of the molecule is Cn1ncc(-c2nc(NC3CCC(NCCCCCCCCNC(=O)NCc4cc5c(s4)C(=O)N(C4CCC(=O)NC4=O)C5)CC3)ncc2F)c1CC1CC1. The first kappa shape index (κ1) is 38.8. The fourth-order valence-electron chi connectivity index (χ4n) is 7.93. The molecule has 4 aliphatic rings. The zero-order chi connectivity index (χ0) is 38.3. The maximum atomic E-state index is 14.8. The minimum atomic E-state index is -0.619. The van der Waals surface area contributed by atoms with Crippen molar-refractivity contribution < 1.29 is 23.6 Å². The van der Waals surface area contributed by atoms with Crippen LogP contribution in [-0.4, -0.2) is 79.6 Å². The quantitative estimate of drug-likeness (QED) is 0.0885. The zero-order valence-corrected chi connectivity index (χ0v) is 32.4. The number of fused-ring (bicyclic) bond motifs is 1. The molecule has 0 radical (unpaired) electrons.